The summed E-state index contributed by atoms with van der Waals surface area (Å²) in [7, 11) is -3.26. The van der Waals surface area contributed by atoms with Gasteiger partial charge in [-0.3, -0.25) is 0 Å². The average molecular weight is 280 g/mol. The van der Waals surface area contributed by atoms with E-state index >= 15 is 0 Å². The van der Waals surface area contributed by atoms with E-state index in [9.17, 15) is 8.42 Å². The fourth-order valence-electron chi connectivity index (χ4n) is 3.00. The minimum Gasteiger partial charge on any atom is -0.211 e. The molecule has 2 aliphatic rings. The van der Waals surface area contributed by atoms with E-state index in [-0.39, 0.29) is 11.3 Å². The van der Waals surface area contributed by atoms with Crippen molar-refractivity contribution in [3.8, 4) is 0 Å². The standard InChI is InChI=1S/C12H22ClNO2S/c13-14(11-7-3-1-4-8-11)17(15,16)12-9-5-2-6-10-12/h11-12H,1-10H2. The minimum absolute atomic E-state index is 0.0392. The highest BCUT2D eigenvalue weighted by molar-refractivity contribution is 7.90. The van der Waals surface area contributed by atoms with E-state index in [4.69, 9.17) is 11.8 Å². The fourth-order valence-corrected chi connectivity index (χ4v) is 5.37. The van der Waals surface area contributed by atoms with Gasteiger partial charge >= 0.3 is 0 Å². The zero-order valence-corrected chi connectivity index (χ0v) is 11.8. The molecule has 3 nitrogen and oxygen atoms in total. The molecule has 17 heavy (non-hydrogen) atoms. The minimum atomic E-state index is -3.26. The van der Waals surface area contributed by atoms with Gasteiger partial charge in [0.1, 0.15) is 0 Å². The summed E-state index contributed by atoms with van der Waals surface area (Å²) in [6.45, 7) is 0. The summed E-state index contributed by atoms with van der Waals surface area (Å²) < 4.78 is 25.9. The van der Waals surface area contributed by atoms with Gasteiger partial charge in [-0.05, 0) is 37.5 Å². The lowest BCUT2D eigenvalue weighted by Gasteiger charge is -2.32. The molecule has 100 valence electrons. The largest absolute Gasteiger partial charge is 0.230 e. The van der Waals surface area contributed by atoms with E-state index in [1.54, 1.807) is 0 Å². The van der Waals surface area contributed by atoms with Gasteiger partial charge in [0.25, 0.3) is 0 Å². The highest BCUT2D eigenvalue weighted by Crippen LogP contribution is 2.32. The lowest BCUT2D eigenvalue weighted by Crippen LogP contribution is -2.40. The molecule has 0 aromatic rings. The topological polar surface area (TPSA) is 37.4 Å². The van der Waals surface area contributed by atoms with Gasteiger partial charge in [0.2, 0.25) is 10.0 Å². The van der Waals surface area contributed by atoms with Crippen molar-refractivity contribution in [1.29, 1.82) is 0 Å². The van der Waals surface area contributed by atoms with Crippen molar-refractivity contribution in [1.82, 2.24) is 3.82 Å². The van der Waals surface area contributed by atoms with Gasteiger partial charge < -0.3 is 0 Å². The lowest BCUT2D eigenvalue weighted by atomic mass is 9.96. The SMILES string of the molecule is O=S(=O)(C1CCCCC1)N(Cl)C1CCCCC1. The van der Waals surface area contributed by atoms with Crippen molar-refractivity contribution in [3.05, 3.63) is 0 Å². The first-order chi connectivity index (χ1) is 8.12. The Morgan fingerprint density at radius 2 is 1.29 bits per heavy atom. The van der Waals surface area contributed by atoms with Crippen LogP contribution in [0.5, 0.6) is 0 Å². The summed E-state index contributed by atoms with van der Waals surface area (Å²) in [5.74, 6) is 0. The number of halogens is 1. The first-order valence-corrected chi connectivity index (χ1v) is 8.65. The van der Waals surface area contributed by atoms with Crippen molar-refractivity contribution in [2.24, 2.45) is 0 Å². The number of hydrogen-bond acceptors (Lipinski definition) is 2. The highest BCUT2D eigenvalue weighted by Gasteiger charge is 2.36. The third-order valence-electron chi connectivity index (χ3n) is 4.08. The van der Waals surface area contributed by atoms with Crippen LogP contribution in [0.3, 0.4) is 0 Å². The van der Waals surface area contributed by atoms with E-state index in [2.05, 4.69) is 0 Å². The molecular weight excluding hydrogens is 258 g/mol. The maximum atomic E-state index is 12.4. The normalized spacial score (nSPS) is 25.3. The van der Waals surface area contributed by atoms with Gasteiger partial charge in [0.15, 0.2) is 0 Å². The van der Waals surface area contributed by atoms with E-state index in [1.165, 1.54) is 10.2 Å². The summed E-state index contributed by atoms with van der Waals surface area (Å²) in [5.41, 5.74) is 0. The van der Waals surface area contributed by atoms with Crippen LogP contribution < -0.4 is 0 Å². The molecule has 2 fully saturated rings. The summed E-state index contributed by atoms with van der Waals surface area (Å²) in [6, 6.07) is 0.0392. The van der Waals surface area contributed by atoms with E-state index in [1.807, 2.05) is 0 Å². The lowest BCUT2D eigenvalue weighted by molar-refractivity contribution is 0.332. The first kappa shape index (κ1) is 13.6. The molecular formula is C12H22ClNO2S. The van der Waals surface area contributed by atoms with E-state index < -0.39 is 10.0 Å². The van der Waals surface area contributed by atoms with Gasteiger partial charge in [0.05, 0.1) is 5.25 Å². The maximum absolute atomic E-state index is 12.4. The Hall–Kier alpha value is 0.200. The second-order valence-electron chi connectivity index (χ2n) is 5.34. The number of nitrogens with zero attached hydrogens (tertiary/aromatic N) is 1. The van der Waals surface area contributed by atoms with E-state index in [0.29, 0.717) is 0 Å². The number of rotatable bonds is 3. The van der Waals surface area contributed by atoms with Crippen LogP contribution in [-0.4, -0.2) is 23.5 Å². The Morgan fingerprint density at radius 1 is 0.824 bits per heavy atom. The Balaban J connectivity index is 2.02. The highest BCUT2D eigenvalue weighted by atomic mass is 35.5. The smallest absolute Gasteiger partial charge is 0.211 e. The molecule has 0 heterocycles. The van der Waals surface area contributed by atoms with Crippen LogP contribution in [0, 0.1) is 0 Å². The number of hydrogen-bond donors (Lipinski definition) is 0. The summed E-state index contributed by atoms with van der Waals surface area (Å²) in [4.78, 5) is 0. The van der Waals surface area contributed by atoms with Crippen LogP contribution in [-0.2, 0) is 10.0 Å². The molecule has 0 amide bonds. The quantitative estimate of drug-likeness (QED) is 0.742. The summed E-state index contributed by atoms with van der Waals surface area (Å²) >= 11 is 6.13. The van der Waals surface area contributed by atoms with Crippen LogP contribution in [0.2, 0.25) is 0 Å². The van der Waals surface area contributed by atoms with Gasteiger partial charge in [-0.1, -0.05) is 38.5 Å². The molecule has 0 atom stereocenters. The zero-order valence-electron chi connectivity index (χ0n) is 10.3. The zero-order chi connectivity index (χ0) is 12.3. The molecule has 0 saturated heterocycles. The first-order valence-electron chi connectivity index (χ1n) is 6.81. The molecule has 2 aliphatic carbocycles. The van der Waals surface area contributed by atoms with Crippen molar-refractivity contribution >= 4 is 21.8 Å². The molecule has 0 radical (unpaired) electrons. The monoisotopic (exact) mass is 279 g/mol. The Morgan fingerprint density at radius 3 is 1.82 bits per heavy atom. The molecule has 0 aliphatic heterocycles. The molecule has 5 heteroatoms. The van der Waals surface area contributed by atoms with Crippen molar-refractivity contribution < 1.29 is 8.42 Å². The third-order valence-corrected chi connectivity index (χ3v) is 7.03. The van der Waals surface area contributed by atoms with Crippen molar-refractivity contribution in [2.75, 3.05) is 0 Å². The van der Waals surface area contributed by atoms with Gasteiger partial charge in [-0.25, -0.2) is 8.42 Å². The van der Waals surface area contributed by atoms with Gasteiger partial charge in [-0.2, -0.15) is 0 Å². The van der Waals surface area contributed by atoms with Crippen LogP contribution in [0.25, 0.3) is 0 Å². The van der Waals surface area contributed by atoms with Crippen LogP contribution in [0.4, 0.5) is 0 Å². The Labute approximate surface area is 110 Å². The molecule has 0 aromatic carbocycles. The average Bonchev–Trinajstić information content (AvgIpc) is 2.40. The molecule has 0 unspecified atom stereocenters. The Kier molecular flexibility index (Phi) is 4.72. The van der Waals surface area contributed by atoms with Crippen molar-refractivity contribution in [2.45, 2.75) is 75.5 Å². The van der Waals surface area contributed by atoms with Crippen LogP contribution >= 0.6 is 11.8 Å². The maximum Gasteiger partial charge on any atom is 0.230 e. The van der Waals surface area contributed by atoms with E-state index in [0.717, 1.165) is 57.8 Å². The fraction of sp³-hybridized carbons (Fsp3) is 1.00. The molecule has 0 N–H and O–H groups in total. The third kappa shape index (κ3) is 3.15. The summed E-state index contributed by atoms with van der Waals surface area (Å²) in [6.07, 6.45) is 10.1. The second-order valence-corrected chi connectivity index (χ2v) is 7.99. The predicted molar refractivity (Wildman–Crippen MR) is 70.4 cm³/mol. The van der Waals surface area contributed by atoms with Crippen LogP contribution in [0.15, 0.2) is 0 Å². The molecule has 0 spiro atoms. The molecule has 2 saturated carbocycles. The van der Waals surface area contributed by atoms with Crippen molar-refractivity contribution in [3.63, 3.8) is 0 Å². The molecule has 2 rings (SSSR count). The molecule has 0 aromatic heterocycles. The van der Waals surface area contributed by atoms with Crippen LogP contribution in [0.1, 0.15) is 64.2 Å². The van der Waals surface area contributed by atoms with Gasteiger partial charge in [-0.15, -0.1) is 3.82 Å². The number of sulfonamides is 1. The molecule has 0 bridgehead atoms. The van der Waals surface area contributed by atoms with Gasteiger partial charge in [0, 0.05) is 6.04 Å². The Bertz CT molecular complexity index is 332. The summed E-state index contributed by atoms with van der Waals surface area (Å²) in [5, 5.41) is -0.226. The second kappa shape index (κ2) is 5.89. The predicted octanol–water partition coefficient (Wildman–Crippen LogP) is 3.44.